The summed E-state index contributed by atoms with van der Waals surface area (Å²) in [4.78, 5) is 27.6. The number of halogens is 2. The van der Waals surface area contributed by atoms with Crippen LogP contribution in [0, 0.1) is 17.1 Å². The van der Waals surface area contributed by atoms with E-state index in [1.54, 1.807) is 13.2 Å². The third-order valence-electron chi connectivity index (χ3n) is 7.00. The van der Waals surface area contributed by atoms with E-state index < -0.39 is 11.7 Å². The number of benzene rings is 2. The van der Waals surface area contributed by atoms with Crippen LogP contribution >= 0.6 is 15.9 Å². The van der Waals surface area contributed by atoms with Gasteiger partial charge >= 0.3 is 0 Å². The predicted octanol–water partition coefficient (Wildman–Crippen LogP) is 4.65. The Balaban J connectivity index is 1.44. The minimum atomic E-state index is -0.521. The highest BCUT2D eigenvalue weighted by Gasteiger charge is 2.25. The number of carbonyl (C=O) groups is 2. The molecule has 1 heterocycles. The van der Waals surface area contributed by atoms with E-state index in [0.717, 1.165) is 55.4 Å². The van der Waals surface area contributed by atoms with Crippen LogP contribution in [0.3, 0.4) is 0 Å². The average molecular weight is 619 g/mol. The van der Waals surface area contributed by atoms with Gasteiger partial charge in [-0.05, 0) is 101 Å². The summed E-state index contributed by atoms with van der Waals surface area (Å²) in [5, 5.41) is 16.7. The zero-order valence-electron chi connectivity index (χ0n) is 23.6. The number of ether oxygens (including phenoxy) is 1. The molecule has 2 amide bonds. The molecule has 1 aliphatic heterocycles. The molecular weight excluding hydrogens is 577 g/mol. The van der Waals surface area contributed by atoms with Crippen molar-refractivity contribution >= 4 is 33.7 Å². The number of hydrogen-bond donors (Lipinski definition) is 4. The third kappa shape index (κ3) is 9.59. The molecule has 2 aromatic carbocycles. The monoisotopic (exact) mass is 617 g/mol. The van der Waals surface area contributed by atoms with Gasteiger partial charge in [-0.3, -0.25) is 20.3 Å². The highest BCUT2D eigenvalue weighted by atomic mass is 79.9. The number of nitrogens with zero attached hydrogens (tertiary/aromatic N) is 1. The van der Waals surface area contributed by atoms with Gasteiger partial charge in [-0.15, -0.1) is 0 Å². The van der Waals surface area contributed by atoms with Gasteiger partial charge < -0.3 is 20.3 Å². The van der Waals surface area contributed by atoms with Gasteiger partial charge in [0.25, 0.3) is 5.91 Å². The molecule has 0 bridgehead atoms. The fraction of sp³-hybridized carbons (Fsp3) is 0.500. The molecule has 0 radical (unpaired) electrons. The molecule has 0 aliphatic carbocycles. The zero-order chi connectivity index (χ0) is 29.1. The number of amides is 2. The minimum absolute atomic E-state index is 0.0435. The number of methoxy groups -OCH3 is 1. The van der Waals surface area contributed by atoms with Gasteiger partial charge in [0, 0.05) is 34.7 Å². The summed E-state index contributed by atoms with van der Waals surface area (Å²) >= 11 is 3.45. The second kappa shape index (κ2) is 15.7. The number of hydrogen-bond acceptors (Lipinski definition) is 5. The summed E-state index contributed by atoms with van der Waals surface area (Å²) in [6, 6.07) is 10.2. The smallest absolute Gasteiger partial charge is 0.258 e. The molecule has 1 fully saturated rings. The fourth-order valence-corrected chi connectivity index (χ4v) is 5.41. The number of piperidine rings is 1. The Morgan fingerprint density at radius 2 is 2.00 bits per heavy atom. The largest absolute Gasteiger partial charge is 0.496 e. The average Bonchev–Trinajstić information content (AvgIpc) is 2.92. The number of rotatable bonds is 12. The standard InChI is InChI=1S/C30H41BrFN5O3/c1-20(2)35-28(38)22-8-7-17-37(19-22)16-5-4-15-34-30(33)36-29(39)25-9-6-10-26(32)24(25)13-11-21-18-23(31)12-14-27(21)40-3/h6,9-10,12,14,18,20,22H,4-5,7-8,11,13,15-17,19H2,1-3H3,(H,35,38)(H3,33,34,36,39). The summed E-state index contributed by atoms with van der Waals surface area (Å²) in [6.45, 7) is 7.15. The number of aryl methyl sites for hydroxylation is 1. The topological polar surface area (TPSA) is 107 Å². The number of nitrogens with one attached hydrogen (secondary N) is 4. The van der Waals surface area contributed by atoms with Crippen LogP contribution in [0.4, 0.5) is 4.39 Å². The summed E-state index contributed by atoms with van der Waals surface area (Å²) in [7, 11) is 1.59. The first kappa shape index (κ1) is 31.5. The lowest BCUT2D eigenvalue weighted by atomic mass is 9.96. The number of guanidine groups is 1. The predicted molar refractivity (Wildman–Crippen MR) is 159 cm³/mol. The first-order valence-electron chi connectivity index (χ1n) is 13.9. The second-order valence-corrected chi connectivity index (χ2v) is 11.4. The van der Waals surface area contributed by atoms with Gasteiger partial charge in [0.2, 0.25) is 5.91 Å². The van der Waals surface area contributed by atoms with Crippen molar-refractivity contribution in [2.24, 2.45) is 5.92 Å². The van der Waals surface area contributed by atoms with E-state index in [-0.39, 0.29) is 29.4 Å². The van der Waals surface area contributed by atoms with Crippen molar-refractivity contribution in [3.05, 3.63) is 63.4 Å². The molecule has 0 spiro atoms. The minimum Gasteiger partial charge on any atom is -0.496 e. The Kier molecular flexibility index (Phi) is 12.4. The summed E-state index contributed by atoms with van der Waals surface area (Å²) < 4.78 is 21.1. The number of carbonyl (C=O) groups excluding carboxylic acids is 2. The molecule has 218 valence electrons. The van der Waals surface area contributed by atoms with Gasteiger partial charge in [0.1, 0.15) is 11.6 Å². The van der Waals surface area contributed by atoms with E-state index in [2.05, 4.69) is 36.8 Å². The van der Waals surface area contributed by atoms with Gasteiger partial charge in [0.05, 0.1) is 13.0 Å². The molecule has 1 atom stereocenters. The molecule has 40 heavy (non-hydrogen) atoms. The fourth-order valence-electron chi connectivity index (χ4n) is 5.00. The molecule has 8 nitrogen and oxygen atoms in total. The number of unbranched alkanes of at least 4 members (excludes halogenated alkanes) is 1. The van der Waals surface area contributed by atoms with Crippen LogP contribution in [0.25, 0.3) is 0 Å². The van der Waals surface area contributed by atoms with Crippen molar-refractivity contribution in [1.29, 1.82) is 5.41 Å². The maximum atomic E-state index is 14.8. The normalized spacial score (nSPS) is 15.5. The van der Waals surface area contributed by atoms with Gasteiger partial charge in [-0.25, -0.2) is 4.39 Å². The van der Waals surface area contributed by atoms with Crippen LogP contribution in [0.1, 0.15) is 61.0 Å². The number of likely N-dealkylation sites (tertiary alicyclic amines) is 1. The summed E-state index contributed by atoms with van der Waals surface area (Å²) in [5.41, 5.74) is 1.42. The molecule has 1 saturated heterocycles. The maximum Gasteiger partial charge on any atom is 0.258 e. The molecular formula is C30H41BrFN5O3. The molecule has 4 N–H and O–H groups in total. The van der Waals surface area contributed by atoms with E-state index in [1.165, 1.54) is 12.1 Å². The molecule has 3 rings (SSSR count). The van der Waals surface area contributed by atoms with Gasteiger partial charge in [-0.1, -0.05) is 22.0 Å². The lowest BCUT2D eigenvalue weighted by Crippen LogP contribution is -2.45. The van der Waals surface area contributed by atoms with Crippen molar-refractivity contribution in [3.8, 4) is 5.75 Å². The molecule has 0 aromatic heterocycles. The Morgan fingerprint density at radius 1 is 1.20 bits per heavy atom. The van der Waals surface area contributed by atoms with E-state index >= 15 is 0 Å². The summed E-state index contributed by atoms with van der Waals surface area (Å²) in [5.74, 6) is -0.206. The van der Waals surface area contributed by atoms with Crippen LogP contribution in [-0.4, -0.2) is 62.0 Å². The van der Waals surface area contributed by atoms with Crippen LogP contribution in [0.5, 0.6) is 5.75 Å². The summed E-state index contributed by atoms with van der Waals surface area (Å²) in [6.07, 6.45) is 4.47. The SMILES string of the molecule is COc1ccc(Br)cc1CCc1c(F)cccc1C(=O)NC(=N)NCCCCN1CCCC(C(=O)NC(C)C)C1. The van der Waals surface area contributed by atoms with E-state index in [9.17, 15) is 14.0 Å². The highest BCUT2D eigenvalue weighted by Crippen LogP contribution is 2.26. The quantitative estimate of drug-likeness (QED) is 0.158. The molecule has 2 aromatic rings. The van der Waals surface area contributed by atoms with Crippen LogP contribution in [-0.2, 0) is 17.6 Å². The van der Waals surface area contributed by atoms with Crippen LogP contribution in [0.15, 0.2) is 40.9 Å². The van der Waals surface area contributed by atoms with E-state index in [0.29, 0.717) is 30.7 Å². The van der Waals surface area contributed by atoms with Gasteiger partial charge in [0.15, 0.2) is 5.96 Å². The zero-order valence-corrected chi connectivity index (χ0v) is 25.2. The van der Waals surface area contributed by atoms with Crippen molar-refractivity contribution < 1.29 is 18.7 Å². The molecule has 1 unspecified atom stereocenters. The van der Waals surface area contributed by atoms with E-state index in [1.807, 2.05) is 32.0 Å². The van der Waals surface area contributed by atoms with Crippen molar-refractivity contribution in [2.75, 3.05) is 33.3 Å². The Labute approximate surface area is 245 Å². The van der Waals surface area contributed by atoms with E-state index in [4.69, 9.17) is 10.1 Å². The molecule has 0 saturated carbocycles. The molecule has 1 aliphatic rings. The van der Waals surface area contributed by atoms with Crippen molar-refractivity contribution in [3.63, 3.8) is 0 Å². The van der Waals surface area contributed by atoms with Crippen LogP contribution < -0.4 is 20.7 Å². The first-order valence-corrected chi connectivity index (χ1v) is 14.7. The van der Waals surface area contributed by atoms with Crippen molar-refractivity contribution in [2.45, 2.75) is 58.4 Å². The first-order chi connectivity index (χ1) is 19.2. The highest BCUT2D eigenvalue weighted by molar-refractivity contribution is 9.10. The Morgan fingerprint density at radius 3 is 2.75 bits per heavy atom. The van der Waals surface area contributed by atoms with Gasteiger partial charge in [-0.2, -0.15) is 0 Å². The maximum absolute atomic E-state index is 14.8. The lowest BCUT2D eigenvalue weighted by molar-refractivity contribution is -0.127. The van der Waals surface area contributed by atoms with Crippen LogP contribution in [0.2, 0.25) is 0 Å². The molecule has 10 heteroatoms. The third-order valence-corrected chi connectivity index (χ3v) is 7.49. The Hall–Kier alpha value is -2.98. The van der Waals surface area contributed by atoms with Crippen molar-refractivity contribution in [1.82, 2.24) is 20.9 Å². The Bertz CT molecular complexity index is 1180. The lowest BCUT2D eigenvalue weighted by Gasteiger charge is -2.32. The second-order valence-electron chi connectivity index (χ2n) is 10.5.